The van der Waals surface area contributed by atoms with Gasteiger partial charge in [0.1, 0.15) is 18.0 Å². The summed E-state index contributed by atoms with van der Waals surface area (Å²) in [6, 6.07) is 20.1. The van der Waals surface area contributed by atoms with Gasteiger partial charge in [-0.3, -0.25) is 24.0 Å². The molecular weight excluding hydrogens is 925 g/mol. The molecule has 5 heterocycles. The Balaban J connectivity index is 0.870. The summed E-state index contributed by atoms with van der Waals surface area (Å²) < 4.78 is 33.4. The van der Waals surface area contributed by atoms with Crippen molar-refractivity contribution in [2.24, 2.45) is 14.1 Å². The topological polar surface area (TPSA) is 213 Å². The minimum absolute atomic E-state index is 0.0567. The predicted octanol–water partition coefficient (Wildman–Crippen LogP) is 8.31. The Morgan fingerprint density at radius 3 is 2.10 bits per heavy atom. The monoisotopic (exact) mass is 984 g/mol. The summed E-state index contributed by atoms with van der Waals surface area (Å²) in [5.41, 5.74) is 5.04. The fourth-order valence-electron chi connectivity index (χ4n) is 9.11. The van der Waals surface area contributed by atoms with Crippen LogP contribution in [0.5, 0.6) is 11.5 Å². The molecule has 19 heteroatoms. The van der Waals surface area contributed by atoms with E-state index in [4.69, 9.17) is 23.7 Å². The number of aryl methyl sites for hydroxylation is 2. The summed E-state index contributed by atoms with van der Waals surface area (Å²) >= 11 is 0. The van der Waals surface area contributed by atoms with E-state index in [9.17, 15) is 28.8 Å². The van der Waals surface area contributed by atoms with Gasteiger partial charge in [0.25, 0.3) is 17.7 Å². The number of benzene rings is 3. The van der Waals surface area contributed by atoms with Gasteiger partial charge < -0.3 is 59.0 Å². The Bertz CT molecular complexity index is 2810. The number of hydrogen-bond donors (Lipinski definition) is 4. The van der Waals surface area contributed by atoms with Gasteiger partial charge in [-0.2, -0.15) is 0 Å². The number of piperidine rings is 1. The van der Waals surface area contributed by atoms with E-state index < -0.39 is 24.7 Å². The smallest absolute Gasteiger partial charge is 0.416 e. The first-order valence-corrected chi connectivity index (χ1v) is 24.0. The van der Waals surface area contributed by atoms with Crippen LogP contribution in [0.2, 0.25) is 0 Å². The number of ether oxygens (including phenoxy) is 5. The molecule has 3 aromatic carbocycles. The molecule has 2 aromatic heterocycles. The predicted molar refractivity (Wildman–Crippen MR) is 270 cm³/mol. The van der Waals surface area contributed by atoms with E-state index in [1.165, 1.54) is 25.0 Å². The average Bonchev–Trinajstić information content (AvgIpc) is 3.93. The van der Waals surface area contributed by atoms with Crippen molar-refractivity contribution in [3.8, 4) is 22.6 Å². The molecule has 4 N–H and O–H groups in total. The van der Waals surface area contributed by atoms with Gasteiger partial charge in [0.05, 0.1) is 36.7 Å². The number of anilines is 5. The van der Waals surface area contributed by atoms with E-state index in [1.807, 2.05) is 18.3 Å². The van der Waals surface area contributed by atoms with Crippen LogP contribution in [0, 0.1) is 0 Å². The zero-order chi connectivity index (χ0) is 50.9. The van der Waals surface area contributed by atoms with Crippen LogP contribution in [0.15, 0.2) is 97.8 Å². The van der Waals surface area contributed by atoms with Gasteiger partial charge in [-0.05, 0) is 105 Å². The number of hydrogen-bond acceptors (Lipinski definition) is 11. The zero-order valence-corrected chi connectivity index (χ0v) is 40.9. The molecule has 3 atom stereocenters. The molecule has 0 aliphatic carbocycles. The van der Waals surface area contributed by atoms with Gasteiger partial charge in [0.15, 0.2) is 24.0 Å². The van der Waals surface area contributed by atoms with Gasteiger partial charge in [0, 0.05) is 81.7 Å². The van der Waals surface area contributed by atoms with E-state index in [1.54, 1.807) is 95.0 Å². The summed E-state index contributed by atoms with van der Waals surface area (Å²) in [5.74, 6) is -0.908. The molecular formula is C53H60N8O11. The number of nitrogens with one attached hydrogen (secondary N) is 4. The van der Waals surface area contributed by atoms with Gasteiger partial charge in [-0.1, -0.05) is 24.8 Å². The maximum Gasteiger partial charge on any atom is 0.416 e. The number of fused-ring (bicyclic) bond motifs is 2. The van der Waals surface area contributed by atoms with Crippen LogP contribution in [0.4, 0.5) is 33.2 Å². The number of methoxy groups -OCH3 is 1. The van der Waals surface area contributed by atoms with E-state index in [-0.39, 0.29) is 71.9 Å². The Labute approximate surface area is 417 Å². The molecule has 6 amide bonds. The molecule has 2 saturated heterocycles. The zero-order valence-electron chi connectivity index (χ0n) is 40.9. The minimum atomic E-state index is -0.910. The molecule has 2 unspecified atom stereocenters. The Kier molecular flexibility index (Phi) is 16.1. The first-order valence-electron chi connectivity index (χ1n) is 24.0. The molecule has 5 aromatic rings. The van der Waals surface area contributed by atoms with E-state index in [0.29, 0.717) is 66.6 Å². The van der Waals surface area contributed by atoms with Crippen LogP contribution in [-0.2, 0) is 37.9 Å². The highest BCUT2D eigenvalue weighted by atomic mass is 16.7. The fraction of sp³-hybridized carbons (Fsp3) is 0.358. The fourth-order valence-corrected chi connectivity index (χ4v) is 9.11. The number of rotatable bonds is 17. The molecule has 3 aliphatic heterocycles. The van der Waals surface area contributed by atoms with Gasteiger partial charge in [0.2, 0.25) is 11.8 Å². The van der Waals surface area contributed by atoms with Crippen molar-refractivity contribution in [3.05, 3.63) is 115 Å². The van der Waals surface area contributed by atoms with Crippen molar-refractivity contribution in [1.29, 1.82) is 0 Å². The summed E-state index contributed by atoms with van der Waals surface area (Å²) in [6.07, 6.45) is 7.86. The van der Waals surface area contributed by atoms with Crippen LogP contribution in [0.3, 0.4) is 0 Å². The summed E-state index contributed by atoms with van der Waals surface area (Å²) in [5, 5.41) is 11.3. The molecule has 19 nitrogen and oxygen atoms in total. The van der Waals surface area contributed by atoms with Crippen LogP contribution < -0.4 is 35.6 Å². The van der Waals surface area contributed by atoms with Crippen molar-refractivity contribution in [1.82, 2.24) is 14.0 Å². The third-order valence-corrected chi connectivity index (χ3v) is 12.6. The van der Waals surface area contributed by atoms with Gasteiger partial charge in [-0.15, -0.1) is 0 Å². The van der Waals surface area contributed by atoms with Crippen molar-refractivity contribution < 1.29 is 52.5 Å². The van der Waals surface area contributed by atoms with Crippen molar-refractivity contribution in [2.45, 2.75) is 76.9 Å². The second-order valence-electron chi connectivity index (χ2n) is 17.8. The highest BCUT2D eigenvalue weighted by molar-refractivity contribution is 6.07. The number of nitrogens with zero attached hydrogens (tertiary/aromatic N) is 4. The summed E-state index contributed by atoms with van der Waals surface area (Å²) in [4.78, 5) is 82.5. The second kappa shape index (κ2) is 22.9. The largest absolute Gasteiger partial charge is 0.493 e. The second-order valence-corrected chi connectivity index (χ2v) is 17.8. The van der Waals surface area contributed by atoms with Crippen LogP contribution in [0.25, 0.3) is 11.1 Å². The molecule has 0 radical (unpaired) electrons. The van der Waals surface area contributed by atoms with E-state index >= 15 is 0 Å². The van der Waals surface area contributed by atoms with E-state index in [2.05, 4.69) is 27.8 Å². The average molecular weight is 985 g/mol. The SMILES string of the molecule is C=CCOC(=O)N1c2cc(OCCCC(=O)Nc3cc(C(=O)Nc4ccc(-c5cc(C(=O)Nc6ccc(NC(C)=O)cc6)n(C)c5)cc4)n(C)c3)c(OC)cc2C(=O)N2CCCC[C@H]2C1OC1CCCCO1. The maximum absolute atomic E-state index is 14.3. The lowest BCUT2D eigenvalue weighted by molar-refractivity contribution is -0.198. The lowest BCUT2D eigenvalue weighted by Crippen LogP contribution is -2.57. The Hall–Kier alpha value is -7.90. The number of amides is 6. The number of carbonyl (C=O) groups is 6. The van der Waals surface area contributed by atoms with Crippen molar-refractivity contribution >= 4 is 64.1 Å². The van der Waals surface area contributed by atoms with Crippen molar-refractivity contribution in [2.75, 3.05) is 59.6 Å². The van der Waals surface area contributed by atoms with Crippen LogP contribution in [0.1, 0.15) is 89.6 Å². The molecule has 8 rings (SSSR count). The molecule has 0 spiro atoms. The molecule has 0 bridgehead atoms. The quantitative estimate of drug-likeness (QED) is 0.0514. The van der Waals surface area contributed by atoms with Gasteiger partial charge >= 0.3 is 6.09 Å². The first kappa shape index (κ1) is 50.5. The highest BCUT2D eigenvalue weighted by Gasteiger charge is 2.47. The van der Waals surface area contributed by atoms with E-state index in [0.717, 1.165) is 36.8 Å². The lowest BCUT2D eigenvalue weighted by atomic mass is 10.00. The van der Waals surface area contributed by atoms with Crippen molar-refractivity contribution in [3.63, 3.8) is 0 Å². The molecule has 2 fully saturated rings. The van der Waals surface area contributed by atoms with Crippen LogP contribution in [-0.4, -0.2) is 102 Å². The maximum atomic E-state index is 14.3. The highest BCUT2D eigenvalue weighted by Crippen LogP contribution is 2.42. The van der Waals surface area contributed by atoms with Crippen LogP contribution >= 0.6 is 0 Å². The molecule has 0 saturated carbocycles. The standard InChI is InChI=1S/C53H60N8O11/c1-6-24-71-53(67)61-42-30-46(45(68-5)29-40(42)51(66)60-23-9-7-12-41(60)52(61)72-48-14-8-10-25-70-48)69-26-11-13-47(63)55-39-28-44(59(4)32-39)50(65)56-37-17-15-34(16-18-37)35-27-43(58(3)31-35)49(64)57-38-21-19-36(20-22-38)54-33(2)62/h6,15-22,27-32,41,48,52H,1,7-14,23-26H2,2-5H3,(H,54,62)(H,55,63)(H,56,65)(H,57,64)/t41-,48?,52?/m0/s1. The Morgan fingerprint density at radius 2 is 1.43 bits per heavy atom. The van der Waals surface area contributed by atoms with Gasteiger partial charge in [-0.25, -0.2) is 9.69 Å². The summed E-state index contributed by atoms with van der Waals surface area (Å²) in [7, 11) is 4.95. The molecule has 72 heavy (non-hydrogen) atoms. The minimum Gasteiger partial charge on any atom is -0.493 e. The number of aromatic nitrogens is 2. The third-order valence-electron chi connectivity index (χ3n) is 12.6. The number of carbonyl (C=O) groups excluding carboxylic acids is 6. The normalized spacial score (nSPS) is 17.4. The Morgan fingerprint density at radius 1 is 0.764 bits per heavy atom. The molecule has 3 aliphatic rings. The molecule has 378 valence electrons. The first-order chi connectivity index (χ1) is 34.8. The third kappa shape index (κ3) is 11.8. The lowest BCUT2D eigenvalue weighted by Gasteiger charge is -2.42. The summed E-state index contributed by atoms with van der Waals surface area (Å²) in [6.45, 7) is 6.17.